The van der Waals surface area contributed by atoms with Crippen molar-refractivity contribution in [1.29, 1.82) is 0 Å². The minimum atomic E-state index is -6.10. The summed E-state index contributed by atoms with van der Waals surface area (Å²) < 4.78 is 117. The van der Waals surface area contributed by atoms with Crippen molar-refractivity contribution >= 4 is 73.4 Å². The molecule has 13 nitrogen and oxygen atoms in total. The minimum absolute atomic E-state index is 0.0116. The van der Waals surface area contributed by atoms with Gasteiger partial charge < -0.3 is 24.5 Å². The topological polar surface area (TPSA) is 149 Å². The molecule has 21 heteroatoms. The van der Waals surface area contributed by atoms with Gasteiger partial charge in [0, 0.05) is 118 Å². The predicted octanol–water partition coefficient (Wildman–Crippen LogP) is 10.1. The average molecular weight is 1110 g/mol. The van der Waals surface area contributed by atoms with E-state index in [0.717, 1.165) is 87.8 Å². The molecule has 1 unspecified atom stereocenters. The Morgan fingerprint density at radius 3 is 2.11 bits per heavy atom. The molecule has 398 valence electrons. The Hall–Kier alpha value is -3.91. The van der Waals surface area contributed by atoms with Crippen LogP contribution in [0.1, 0.15) is 62.4 Å². The van der Waals surface area contributed by atoms with Crippen LogP contribution in [0.3, 0.4) is 0 Å². The molecular weight excluding hydrogens is 1040 g/mol. The monoisotopic (exact) mass is 1110 g/mol. The third-order valence-electron chi connectivity index (χ3n) is 13.8. The Morgan fingerprint density at radius 1 is 0.849 bits per heavy atom. The number of rotatable bonds is 21. The molecule has 7 rings (SSSR count). The molecule has 0 bridgehead atoms. The van der Waals surface area contributed by atoms with Crippen molar-refractivity contribution in [2.24, 2.45) is 5.41 Å². The van der Waals surface area contributed by atoms with Crippen molar-refractivity contribution in [1.82, 2.24) is 19.4 Å². The number of sulfone groups is 1. The molecule has 2 saturated heterocycles. The van der Waals surface area contributed by atoms with Gasteiger partial charge in [-0.15, -0.1) is 11.8 Å². The van der Waals surface area contributed by atoms with E-state index in [9.17, 15) is 39.4 Å². The van der Waals surface area contributed by atoms with Crippen molar-refractivity contribution < 1.29 is 43.9 Å². The number of benzene rings is 4. The predicted molar refractivity (Wildman–Crippen MR) is 288 cm³/mol. The van der Waals surface area contributed by atoms with E-state index in [0.29, 0.717) is 62.2 Å². The van der Waals surface area contributed by atoms with Crippen molar-refractivity contribution in [2.45, 2.75) is 72.7 Å². The molecule has 1 amide bonds. The summed E-state index contributed by atoms with van der Waals surface area (Å²) in [6, 6.07) is 25.7. The van der Waals surface area contributed by atoms with Gasteiger partial charge in [-0.3, -0.25) is 14.3 Å². The number of alkyl halides is 3. The number of nitrogens with one attached hydrogen (secondary N) is 2. The molecule has 3 aliphatic rings. The number of piperazine rings is 2. The van der Waals surface area contributed by atoms with Gasteiger partial charge in [0.2, 0.25) is 7.37 Å². The van der Waals surface area contributed by atoms with Crippen molar-refractivity contribution in [3.05, 3.63) is 119 Å². The lowest BCUT2D eigenvalue weighted by Crippen LogP contribution is -2.48. The molecule has 0 aromatic heterocycles. The van der Waals surface area contributed by atoms with Crippen molar-refractivity contribution in [3.63, 3.8) is 0 Å². The molecule has 73 heavy (non-hydrogen) atoms. The Balaban J connectivity index is 1.00. The number of sulfonamides is 1. The molecule has 0 radical (unpaired) electrons. The summed E-state index contributed by atoms with van der Waals surface area (Å²) >= 11 is 7.64. The number of nitrogens with zero attached hydrogens (tertiary/aromatic N) is 4. The van der Waals surface area contributed by atoms with E-state index >= 15 is 0 Å². The van der Waals surface area contributed by atoms with Crippen LogP contribution in [0.2, 0.25) is 5.02 Å². The van der Waals surface area contributed by atoms with E-state index in [1.165, 1.54) is 40.6 Å². The van der Waals surface area contributed by atoms with Gasteiger partial charge in [-0.05, 0) is 116 Å². The first-order valence-corrected chi connectivity index (χ1v) is 31.3. The second-order valence-electron chi connectivity index (χ2n) is 19.9. The Bertz CT molecular complexity index is 2830. The van der Waals surface area contributed by atoms with E-state index in [2.05, 4.69) is 50.9 Å². The highest BCUT2D eigenvalue weighted by Gasteiger charge is 2.48. The molecule has 2 aliphatic heterocycles. The van der Waals surface area contributed by atoms with Crippen LogP contribution in [0.5, 0.6) is 0 Å². The fraction of sp³-hybridized carbons (Fsp3) is 0.481. The maximum Gasteiger partial charge on any atom is 0.501 e. The molecule has 0 saturated carbocycles. The zero-order chi connectivity index (χ0) is 52.6. The lowest BCUT2D eigenvalue weighted by atomic mass is 9.73. The smallest absolute Gasteiger partial charge is 0.380 e. The van der Waals surface area contributed by atoms with Crippen LogP contribution < -0.4 is 14.9 Å². The zero-order valence-corrected chi connectivity index (χ0v) is 46.0. The maximum absolute atomic E-state index is 14.4. The lowest BCUT2D eigenvalue weighted by Gasteiger charge is -2.39. The highest BCUT2D eigenvalue weighted by atomic mass is 35.5. The standard InChI is InChI=1S/C52H67ClF3N6O7PS3/c1-5-69-70(4,64)34-33-60-27-25-59(26-28-60)24-22-43(38-71-45-9-7-6-8-10-45)57-48-20-19-46(35-49(48)72(65,66)52(54,55)56)73(67,68)58-50(63)40-13-17-44(18-14-40)62-31-29-61(30-32-62)37-41-36-51(2,3)23-21-47(41)39-11-15-42(53)16-12-39/h6-20,35,43,57H,5,21-34,36-38H2,1-4H3,(H,58,63)/t43-,70?/m1/s1. The summed E-state index contributed by atoms with van der Waals surface area (Å²) in [4.78, 5) is 21.3. The first kappa shape index (κ1) is 56.8. The number of carbonyl (C=O) groups is 1. The minimum Gasteiger partial charge on any atom is -0.380 e. The highest BCUT2D eigenvalue weighted by Crippen LogP contribution is 2.44. The summed E-state index contributed by atoms with van der Waals surface area (Å²) in [5.74, 6) is -0.693. The van der Waals surface area contributed by atoms with E-state index in [-0.39, 0.29) is 11.0 Å². The molecule has 0 spiro atoms. The summed E-state index contributed by atoms with van der Waals surface area (Å²) in [6.07, 6.45) is 3.99. The van der Waals surface area contributed by atoms with Gasteiger partial charge in [-0.25, -0.2) is 21.6 Å². The van der Waals surface area contributed by atoms with Crippen molar-refractivity contribution in [3.8, 4) is 0 Å². The maximum atomic E-state index is 14.4. The van der Waals surface area contributed by atoms with Gasteiger partial charge in [-0.1, -0.05) is 61.4 Å². The number of halogens is 4. The summed E-state index contributed by atoms with van der Waals surface area (Å²) in [7, 11) is -13.7. The van der Waals surface area contributed by atoms with Gasteiger partial charge in [-0.2, -0.15) is 13.2 Å². The first-order chi connectivity index (χ1) is 34.5. The number of amides is 1. The molecule has 4 aromatic carbocycles. The van der Waals surface area contributed by atoms with Gasteiger partial charge in [0.25, 0.3) is 25.8 Å². The Kier molecular flexibility index (Phi) is 19.0. The Labute approximate surface area is 438 Å². The quantitative estimate of drug-likeness (QED) is 0.0603. The third kappa shape index (κ3) is 15.6. The van der Waals surface area contributed by atoms with Crippen LogP contribution in [0.4, 0.5) is 24.5 Å². The number of carbonyl (C=O) groups excluding carboxylic acids is 1. The second kappa shape index (κ2) is 24.4. The summed E-state index contributed by atoms with van der Waals surface area (Å²) in [5, 5.41) is 3.74. The van der Waals surface area contributed by atoms with E-state index in [1.54, 1.807) is 18.8 Å². The van der Waals surface area contributed by atoms with Gasteiger partial charge in [0.05, 0.1) is 17.2 Å². The summed E-state index contributed by atoms with van der Waals surface area (Å²) in [5.41, 5.74) is -1.10. The second-order valence-corrected chi connectivity index (χ2v) is 27.7. The molecule has 4 aromatic rings. The average Bonchev–Trinajstić information content (AvgIpc) is 3.35. The highest BCUT2D eigenvalue weighted by molar-refractivity contribution is 7.99. The van der Waals surface area contributed by atoms with E-state index in [1.807, 2.05) is 54.1 Å². The molecule has 1 aliphatic carbocycles. The van der Waals surface area contributed by atoms with E-state index < -0.39 is 60.2 Å². The zero-order valence-electron chi connectivity index (χ0n) is 41.9. The van der Waals surface area contributed by atoms with Crippen LogP contribution in [-0.4, -0.2) is 146 Å². The number of thioether (sulfide) groups is 1. The van der Waals surface area contributed by atoms with E-state index in [4.69, 9.17) is 16.1 Å². The fourth-order valence-electron chi connectivity index (χ4n) is 9.56. The van der Waals surface area contributed by atoms with Crippen LogP contribution in [-0.2, 0) is 28.9 Å². The van der Waals surface area contributed by atoms with Crippen LogP contribution >= 0.6 is 30.7 Å². The normalized spacial score (nSPS) is 18.8. The van der Waals surface area contributed by atoms with Crippen LogP contribution in [0.15, 0.2) is 117 Å². The number of anilines is 2. The van der Waals surface area contributed by atoms with Gasteiger partial charge in [0.15, 0.2) is 0 Å². The number of hydrogen-bond acceptors (Lipinski definition) is 13. The molecule has 2 fully saturated rings. The molecular formula is C52H67ClF3N6O7PS3. The molecule has 2 heterocycles. The van der Waals surface area contributed by atoms with Crippen molar-refractivity contribution in [2.75, 3.05) is 107 Å². The molecule has 2 atom stereocenters. The largest absolute Gasteiger partial charge is 0.501 e. The summed E-state index contributed by atoms with van der Waals surface area (Å²) in [6.45, 7) is 16.4. The first-order valence-electron chi connectivity index (χ1n) is 24.7. The number of allylic oxidation sites excluding steroid dienone is 1. The van der Waals surface area contributed by atoms with Gasteiger partial charge >= 0.3 is 5.51 Å². The third-order valence-corrected chi connectivity index (χ3v) is 19.9. The number of hydrogen-bond donors (Lipinski definition) is 2. The fourth-order valence-corrected chi connectivity index (χ4v) is 14.0. The molecule has 2 N–H and O–H groups in total. The van der Waals surface area contributed by atoms with Crippen LogP contribution in [0.25, 0.3) is 5.57 Å². The SMILES string of the molecule is CCOP(C)(=O)CCN1CCN(CC[C@H](CSc2ccccc2)Nc2ccc(S(=O)(=O)NC(=O)c3ccc(N4CCN(CC5=C(c6ccc(Cl)cc6)CCC(C)(C)C5)CC4)cc3)cc2S(=O)(=O)C(F)(F)F)CC1. The lowest BCUT2D eigenvalue weighted by molar-refractivity contribution is -0.0436. The van der Waals surface area contributed by atoms with Gasteiger partial charge in [0.1, 0.15) is 4.90 Å². The van der Waals surface area contributed by atoms with Crippen LogP contribution in [0, 0.1) is 5.41 Å². The Morgan fingerprint density at radius 2 is 1.48 bits per heavy atom.